The summed E-state index contributed by atoms with van der Waals surface area (Å²) in [5.41, 5.74) is 2.15. The molecule has 0 radical (unpaired) electrons. The van der Waals surface area contributed by atoms with Crippen molar-refractivity contribution in [2.45, 2.75) is 20.8 Å². The predicted octanol–water partition coefficient (Wildman–Crippen LogP) is 4.46. The van der Waals surface area contributed by atoms with Crippen LogP contribution < -0.4 is 9.47 Å². The maximum absolute atomic E-state index is 11.8. The molecule has 0 bridgehead atoms. The van der Waals surface area contributed by atoms with Gasteiger partial charge in [-0.3, -0.25) is 5.10 Å². The van der Waals surface area contributed by atoms with Crippen LogP contribution in [-0.4, -0.2) is 34.5 Å². The fourth-order valence-corrected chi connectivity index (χ4v) is 2.69. The second-order valence-electron chi connectivity index (χ2n) is 5.99. The Morgan fingerprint density at radius 1 is 1.07 bits per heavy atom. The first-order valence-corrected chi connectivity index (χ1v) is 8.99. The smallest absolute Gasteiger partial charge is 0.338 e. The molecule has 0 spiro atoms. The molecular formula is C21H22N2O5. The minimum atomic E-state index is -0.381. The molecule has 2 N–H and O–H groups in total. The van der Waals surface area contributed by atoms with E-state index in [1.807, 2.05) is 13.8 Å². The van der Waals surface area contributed by atoms with Crippen LogP contribution in [-0.2, 0) is 4.74 Å². The SMILES string of the molecule is CCOC(=O)c1ccc(Oc2c(-c3ccc(OCC)cc3O)n[nH]c2C)cc1. The van der Waals surface area contributed by atoms with Crippen molar-refractivity contribution in [1.82, 2.24) is 10.2 Å². The van der Waals surface area contributed by atoms with Gasteiger partial charge in [-0.2, -0.15) is 5.10 Å². The molecule has 28 heavy (non-hydrogen) atoms. The van der Waals surface area contributed by atoms with E-state index in [9.17, 15) is 9.90 Å². The van der Waals surface area contributed by atoms with E-state index in [2.05, 4.69) is 10.2 Å². The maximum Gasteiger partial charge on any atom is 0.338 e. The van der Waals surface area contributed by atoms with Crippen LogP contribution >= 0.6 is 0 Å². The van der Waals surface area contributed by atoms with Gasteiger partial charge >= 0.3 is 5.97 Å². The maximum atomic E-state index is 11.8. The Balaban J connectivity index is 1.87. The number of aromatic nitrogens is 2. The molecule has 3 rings (SSSR count). The van der Waals surface area contributed by atoms with Crippen LogP contribution in [0.3, 0.4) is 0 Å². The lowest BCUT2D eigenvalue weighted by Gasteiger charge is -2.10. The lowest BCUT2D eigenvalue weighted by Crippen LogP contribution is -2.04. The van der Waals surface area contributed by atoms with E-state index in [1.165, 1.54) is 0 Å². The van der Waals surface area contributed by atoms with Crippen LogP contribution in [0.25, 0.3) is 11.3 Å². The average Bonchev–Trinajstić information content (AvgIpc) is 3.03. The number of esters is 1. The van der Waals surface area contributed by atoms with Crippen LogP contribution in [0.5, 0.6) is 23.0 Å². The van der Waals surface area contributed by atoms with E-state index in [4.69, 9.17) is 14.2 Å². The fraction of sp³-hybridized carbons (Fsp3) is 0.238. The number of aryl methyl sites for hydroxylation is 1. The number of hydrogen-bond donors (Lipinski definition) is 2. The molecule has 0 unspecified atom stereocenters. The lowest BCUT2D eigenvalue weighted by molar-refractivity contribution is 0.0526. The number of ether oxygens (including phenoxy) is 3. The number of aromatic amines is 1. The summed E-state index contributed by atoms with van der Waals surface area (Å²) in [5, 5.41) is 17.5. The summed E-state index contributed by atoms with van der Waals surface area (Å²) in [6.07, 6.45) is 0. The zero-order valence-electron chi connectivity index (χ0n) is 16.0. The first-order valence-electron chi connectivity index (χ1n) is 8.99. The third kappa shape index (κ3) is 4.09. The topological polar surface area (TPSA) is 93.7 Å². The third-order valence-corrected chi connectivity index (χ3v) is 4.01. The number of rotatable bonds is 7. The number of hydrogen-bond acceptors (Lipinski definition) is 6. The van der Waals surface area contributed by atoms with E-state index in [-0.39, 0.29) is 11.7 Å². The summed E-state index contributed by atoms with van der Waals surface area (Å²) in [7, 11) is 0. The van der Waals surface area contributed by atoms with Crippen molar-refractivity contribution in [3.8, 4) is 34.3 Å². The standard InChI is InChI=1S/C21H22N2O5/c1-4-26-16-10-11-17(18(24)12-16)19-20(13(3)22-23-19)28-15-8-6-14(7-9-15)21(25)27-5-2/h6-12,24H,4-5H2,1-3H3,(H,22,23). The van der Waals surface area contributed by atoms with Crippen molar-refractivity contribution in [1.29, 1.82) is 0 Å². The Bertz CT molecular complexity index is 963. The molecule has 2 aromatic carbocycles. The fourth-order valence-electron chi connectivity index (χ4n) is 2.69. The minimum Gasteiger partial charge on any atom is -0.507 e. The highest BCUT2D eigenvalue weighted by Crippen LogP contribution is 2.39. The average molecular weight is 382 g/mol. The lowest BCUT2D eigenvalue weighted by atomic mass is 10.1. The summed E-state index contributed by atoms with van der Waals surface area (Å²) < 4.78 is 16.4. The van der Waals surface area contributed by atoms with Gasteiger partial charge in [0.2, 0.25) is 0 Å². The Labute approximate surface area is 162 Å². The molecule has 0 amide bonds. The Morgan fingerprint density at radius 2 is 1.79 bits per heavy atom. The second kappa shape index (κ2) is 8.47. The van der Waals surface area contributed by atoms with Gasteiger partial charge < -0.3 is 19.3 Å². The third-order valence-electron chi connectivity index (χ3n) is 4.01. The molecule has 1 aromatic heterocycles. The molecule has 146 valence electrons. The molecule has 0 saturated heterocycles. The van der Waals surface area contributed by atoms with Crippen LogP contribution in [0, 0.1) is 6.92 Å². The van der Waals surface area contributed by atoms with Crippen molar-refractivity contribution < 1.29 is 24.1 Å². The summed E-state index contributed by atoms with van der Waals surface area (Å²) in [6.45, 7) is 6.29. The van der Waals surface area contributed by atoms with Crippen LogP contribution in [0.2, 0.25) is 0 Å². The molecule has 1 heterocycles. The number of carbonyl (C=O) groups excluding carboxylic acids is 1. The number of H-pyrrole nitrogens is 1. The molecule has 0 fully saturated rings. The second-order valence-corrected chi connectivity index (χ2v) is 5.99. The molecule has 0 aliphatic heterocycles. The number of phenols is 1. The summed E-state index contributed by atoms with van der Waals surface area (Å²) in [5.74, 6) is 1.26. The Hall–Kier alpha value is -3.48. The molecule has 0 saturated carbocycles. The molecule has 0 atom stereocenters. The molecule has 0 aliphatic rings. The number of phenolic OH excluding ortho intramolecular Hbond substituents is 1. The van der Waals surface area contributed by atoms with Crippen molar-refractivity contribution in [2.75, 3.05) is 13.2 Å². The molecule has 7 heteroatoms. The number of benzene rings is 2. The predicted molar refractivity (Wildman–Crippen MR) is 104 cm³/mol. The van der Waals surface area contributed by atoms with Gasteiger partial charge in [0.25, 0.3) is 0 Å². The van der Waals surface area contributed by atoms with Gasteiger partial charge in [0.1, 0.15) is 22.9 Å². The largest absolute Gasteiger partial charge is 0.507 e. The first-order chi connectivity index (χ1) is 13.5. The first kappa shape index (κ1) is 19.3. The normalized spacial score (nSPS) is 10.5. The number of aromatic hydroxyl groups is 1. The van der Waals surface area contributed by atoms with Crippen LogP contribution in [0.4, 0.5) is 0 Å². The summed E-state index contributed by atoms with van der Waals surface area (Å²) >= 11 is 0. The Morgan fingerprint density at radius 3 is 2.43 bits per heavy atom. The zero-order valence-corrected chi connectivity index (χ0v) is 16.0. The Kier molecular flexibility index (Phi) is 5.84. The van der Waals surface area contributed by atoms with Crippen LogP contribution in [0.1, 0.15) is 29.9 Å². The molecule has 3 aromatic rings. The van der Waals surface area contributed by atoms with Gasteiger partial charge in [0.15, 0.2) is 5.75 Å². The van der Waals surface area contributed by atoms with Gasteiger partial charge in [0.05, 0.1) is 24.5 Å². The van der Waals surface area contributed by atoms with E-state index >= 15 is 0 Å². The van der Waals surface area contributed by atoms with Crippen molar-refractivity contribution in [3.05, 3.63) is 53.7 Å². The number of carbonyl (C=O) groups is 1. The number of nitrogens with zero attached hydrogens (tertiary/aromatic N) is 1. The van der Waals surface area contributed by atoms with E-state index in [0.29, 0.717) is 53.0 Å². The summed E-state index contributed by atoms with van der Waals surface area (Å²) in [4.78, 5) is 11.8. The van der Waals surface area contributed by atoms with E-state index in [0.717, 1.165) is 0 Å². The molecular weight excluding hydrogens is 360 g/mol. The van der Waals surface area contributed by atoms with Gasteiger partial charge in [0, 0.05) is 11.6 Å². The van der Waals surface area contributed by atoms with E-state index in [1.54, 1.807) is 49.4 Å². The summed E-state index contributed by atoms with van der Waals surface area (Å²) in [6, 6.07) is 11.7. The highest BCUT2D eigenvalue weighted by atomic mass is 16.5. The monoisotopic (exact) mass is 382 g/mol. The quantitative estimate of drug-likeness (QED) is 0.586. The number of nitrogens with one attached hydrogen (secondary N) is 1. The van der Waals surface area contributed by atoms with E-state index < -0.39 is 0 Å². The highest BCUT2D eigenvalue weighted by Gasteiger charge is 2.18. The van der Waals surface area contributed by atoms with Gasteiger partial charge in [-0.15, -0.1) is 0 Å². The minimum absolute atomic E-state index is 0.0416. The van der Waals surface area contributed by atoms with Gasteiger partial charge in [-0.1, -0.05) is 0 Å². The van der Waals surface area contributed by atoms with Crippen molar-refractivity contribution in [3.63, 3.8) is 0 Å². The molecule has 0 aliphatic carbocycles. The molecule has 7 nitrogen and oxygen atoms in total. The van der Waals surface area contributed by atoms with Crippen LogP contribution in [0.15, 0.2) is 42.5 Å². The van der Waals surface area contributed by atoms with Gasteiger partial charge in [-0.25, -0.2) is 4.79 Å². The van der Waals surface area contributed by atoms with Crippen molar-refractivity contribution >= 4 is 5.97 Å². The van der Waals surface area contributed by atoms with Crippen molar-refractivity contribution in [2.24, 2.45) is 0 Å². The zero-order chi connectivity index (χ0) is 20.1. The van der Waals surface area contributed by atoms with Gasteiger partial charge in [-0.05, 0) is 57.2 Å². The highest BCUT2D eigenvalue weighted by molar-refractivity contribution is 5.89.